The molecular formula is C27H32O2. The summed E-state index contributed by atoms with van der Waals surface area (Å²) in [5.74, 6) is 2.43. The van der Waals surface area contributed by atoms with E-state index in [1.54, 1.807) is 12.7 Å². The van der Waals surface area contributed by atoms with E-state index in [2.05, 4.69) is 61.5 Å². The van der Waals surface area contributed by atoms with Gasteiger partial charge in [-0.1, -0.05) is 49.4 Å². The molecule has 152 valence electrons. The highest BCUT2D eigenvalue weighted by molar-refractivity contribution is 5.73. The van der Waals surface area contributed by atoms with Gasteiger partial charge < -0.3 is 9.47 Å². The molecule has 2 aromatic carbocycles. The first kappa shape index (κ1) is 18.9. The van der Waals surface area contributed by atoms with Crippen LogP contribution in [0, 0.1) is 17.3 Å². The summed E-state index contributed by atoms with van der Waals surface area (Å²) in [5, 5.41) is 0. The fourth-order valence-electron chi connectivity index (χ4n) is 6.51. The second kappa shape index (κ2) is 7.65. The third kappa shape index (κ3) is 3.13. The molecule has 0 saturated heterocycles. The van der Waals surface area contributed by atoms with Gasteiger partial charge in [0.05, 0.1) is 19.8 Å². The molecule has 1 fully saturated rings. The third-order valence-corrected chi connectivity index (χ3v) is 8.01. The van der Waals surface area contributed by atoms with Gasteiger partial charge in [0.15, 0.2) is 0 Å². The van der Waals surface area contributed by atoms with E-state index in [0.717, 1.165) is 24.7 Å². The molecule has 2 heteroatoms. The van der Waals surface area contributed by atoms with Crippen molar-refractivity contribution in [3.05, 3.63) is 71.3 Å². The standard InChI is InChI=1S/C27H32O2/c1-3-27-16-15-23-22-12-10-21(28-2)17-20(22)9-11-24(23)25(27)13-14-26(27)29-18-19-7-5-4-6-8-19/h4-8,10,12,15,17,24-26H,3,9,11,13-14,16,18H2,1-2H3. The number of ether oxygens (including phenoxy) is 2. The largest absolute Gasteiger partial charge is 0.497 e. The molecule has 0 spiro atoms. The van der Waals surface area contributed by atoms with Crippen LogP contribution in [0.1, 0.15) is 55.7 Å². The first-order chi connectivity index (χ1) is 14.2. The molecule has 29 heavy (non-hydrogen) atoms. The third-order valence-electron chi connectivity index (χ3n) is 8.01. The van der Waals surface area contributed by atoms with Crippen LogP contribution in [0.2, 0.25) is 0 Å². The highest BCUT2D eigenvalue weighted by atomic mass is 16.5. The Bertz CT molecular complexity index is 900. The molecule has 0 N–H and O–H groups in total. The van der Waals surface area contributed by atoms with Crippen LogP contribution >= 0.6 is 0 Å². The lowest BCUT2D eigenvalue weighted by molar-refractivity contribution is -0.0566. The molecule has 2 nitrogen and oxygen atoms in total. The lowest BCUT2D eigenvalue weighted by Gasteiger charge is -2.48. The molecule has 3 aliphatic carbocycles. The topological polar surface area (TPSA) is 18.5 Å². The van der Waals surface area contributed by atoms with Gasteiger partial charge in [-0.2, -0.15) is 0 Å². The second-order valence-corrected chi connectivity index (χ2v) is 9.09. The quantitative estimate of drug-likeness (QED) is 0.587. The molecule has 5 rings (SSSR count). The lowest BCUT2D eigenvalue weighted by atomic mass is 9.58. The number of hydrogen-bond acceptors (Lipinski definition) is 2. The summed E-state index contributed by atoms with van der Waals surface area (Å²) in [6, 6.07) is 17.3. The van der Waals surface area contributed by atoms with Crippen LogP contribution in [0.25, 0.3) is 5.57 Å². The number of rotatable bonds is 5. The Kier molecular flexibility index (Phi) is 4.99. The van der Waals surface area contributed by atoms with Crippen LogP contribution in [0.15, 0.2) is 54.6 Å². The van der Waals surface area contributed by atoms with E-state index in [0.29, 0.717) is 17.4 Å². The zero-order chi connectivity index (χ0) is 19.8. The smallest absolute Gasteiger partial charge is 0.119 e. The van der Waals surface area contributed by atoms with E-state index in [4.69, 9.17) is 9.47 Å². The van der Waals surface area contributed by atoms with Gasteiger partial charge in [0.2, 0.25) is 0 Å². The van der Waals surface area contributed by atoms with Crippen molar-refractivity contribution in [2.24, 2.45) is 17.3 Å². The number of fused-ring (bicyclic) bond motifs is 5. The zero-order valence-electron chi connectivity index (χ0n) is 17.7. The number of aryl methyl sites for hydroxylation is 1. The van der Waals surface area contributed by atoms with Crippen LogP contribution in [-0.4, -0.2) is 13.2 Å². The lowest BCUT2D eigenvalue weighted by Crippen LogP contribution is -2.42. The maximum Gasteiger partial charge on any atom is 0.119 e. The molecule has 0 amide bonds. The highest BCUT2D eigenvalue weighted by Crippen LogP contribution is 2.60. The fourth-order valence-corrected chi connectivity index (χ4v) is 6.51. The van der Waals surface area contributed by atoms with Gasteiger partial charge >= 0.3 is 0 Å². The minimum Gasteiger partial charge on any atom is -0.497 e. The predicted octanol–water partition coefficient (Wildman–Crippen LogP) is 6.44. The van der Waals surface area contributed by atoms with Crippen LogP contribution in [-0.2, 0) is 17.8 Å². The molecule has 0 bridgehead atoms. The van der Waals surface area contributed by atoms with E-state index in [1.807, 2.05) is 0 Å². The number of hydrogen-bond donors (Lipinski definition) is 0. The summed E-state index contributed by atoms with van der Waals surface area (Å²) >= 11 is 0. The van der Waals surface area contributed by atoms with Crippen molar-refractivity contribution < 1.29 is 9.47 Å². The maximum absolute atomic E-state index is 6.59. The van der Waals surface area contributed by atoms with Crippen LogP contribution in [0.4, 0.5) is 0 Å². The molecule has 0 radical (unpaired) electrons. The summed E-state index contributed by atoms with van der Waals surface area (Å²) in [5.41, 5.74) is 6.14. The molecular weight excluding hydrogens is 356 g/mol. The fraction of sp³-hybridized carbons (Fsp3) is 0.481. The van der Waals surface area contributed by atoms with E-state index < -0.39 is 0 Å². The van der Waals surface area contributed by atoms with Crippen molar-refractivity contribution in [3.8, 4) is 5.75 Å². The first-order valence-electron chi connectivity index (χ1n) is 11.3. The number of methoxy groups -OCH3 is 1. The van der Waals surface area contributed by atoms with Gasteiger partial charge in [-0.25, -0.2) is 0 Å². The van der Waals surface area contributed by atoms with Gasteiger partial charge in [0, 0.05) is 5.41 Å². The van der Waals surface area contributed by atoms with E-state index in [9.17, 15) is 0 Å². The van der Waals surface area contributed by atoms with E-state index >= 15 is 0 Å². The second-order valence-electron chi connectivity index (χ2n) is 9.09. The Hall–Kier alpha value is -2.06. The average molecular weight is 389 g/mol. The van der Waals surface area contributed by atoms with E-state index in [1.165, 1.54) is 48.8 Å². The number of benzene rings is 2. The van der Waals surface area contributed by atoms with Crippen molar-refractivity contribution in [1.29, 1.82) is 0 Å². The SMILES string of the molecule is CCC12CC=C3c4ccc(OC)cc4CCC3C1CCC2OCc1ccccc1. The van der Waals surface area contributed by atoms with Gasteiger partial charge in [0.1, 0.15) is 5.75 Å². The highest BCUT2D eigenvalue weighted by Gasteiger charge is 2.54. The zero-order valence-corrected chi connectivity index (χ0v) is 17.7. The molecule has 2 aromatic rings. The molecule has 1 saturated carbocycles. The van der Waals surface area contributed by atoms with Crippen LogP contribution in [0.3, 0.4) is 0 Å². The molecule has 4 unspecified atom stereocenters. The average Bonchev–Trinajstić information content (AvgIpc) is 3.16. The van der Waals surface area contributed by atoms with E-state index in [-0.39, 0.29) is 0 Å². The Morgan fingerprint density at radius 3 is 2.69 bits per heavy atom. The Morgan fingerprint density at radius 2 is 1.90 bits per heavy atom. The maximum atomic E-state index is 6.59. The Balaban J connectivity index is 1.41. The molecule has 0 heterocycles. The Labute approximate surface area is 174 Å². The predicted molar refractivity (Wildman–Crippen MR) is 118 cm³/mol. The number of allylic oxidation sites excluding steroid dienone is 2. The molecule has 0 aliphatic heterocycles. The van der Waals surface area contributed by atoms with Gasteiger partial charge in [0.25, 0.3) is 0 Å². The van der Waals surface area contributed by atoms with Crippen molar-refractivity contribution >= 4 is 5.57 Å². The summed E-state index contributed by atoms with van der Waals surface area (Å²) in [6.07, 6.45) is 10.3. The van der Waals surface area contributed by atoms with Crippen molar-refractivity contribution in [2.45, 2.75) is 58.2 Å². The molecule has 0 aromatic heterocycles. The normalized spacial score (nSPS) is 30.1. The summed E-state index contributed by atoms with van der Waals surface area (Å²) in [6.45, 7) is 3.13. The summed E-state index contributed by atoms with van der Waals surface area (Å²) < 4.78 is 12.0. The minimum atomic E-state index is 0.312. The van der Waals surface area contributed by atoms with Gasteiger partial charge in [-0.3, -0.25) is 0 Å². The first-order valence-corrected chi connectivity index (χ1v) is 11.3. The molecule has 3 aliphatic rings. The summed E-state index contributed by atoms with van der Waals surface area (Å²) in [7, 11) is 1.76. The van der Waals surface area contributed by atoms with Gasteiger partial charge in [-0.05, 0) is 84.8 Å². The monoisotopic (exact) mass is 388 g/mol. The van der Waals surface area contributed by atoms with Crippen molar-refractivity contribution in [2.75, 3.05) is 7.11 Å². The van der Waals surface area contributed by atoms with Crippen LogP contribution < -0.4 is 4.74 Å². The van der Waals surface area contributed by atoms with Crippen molar-refractivity contribution in [3.63, 3.8) is 0 Å². The van der Waals surface area contributed by atoms with Crippen molar-refractivity contribution in [1.82, 2.24) is 0 Å². The molecule has 4 atom stereocenters. The minimum absolute atomic E-state index is 0.312. The van der Waals surface area contributed by atoms with Gasteiger partial charge in [-0.15, -0.1) is 0 Å². The Morgan fingerprint density at radius 1 is 1.03 bits per heavy atom. The summed E-state index contributed by atoms with van der Waals surface area (Å²) in [4.78, 5) is 0. The van der Waals surface area contributed by atoms with Crippen LogP contribution in [0.5, 0.6) is 5.75 Å².